The van der Waals surface area contributed by atoms with Crippen molar-refractivity contribution in [2.24, 2.45) is 5.16 Å². The van der Waals surface area contributed by atoms with Crippen molar-refractivity contribution in [2.45, 2.75) is 19.3 Å². The zero-order valence-electron chi connectivity index (χ0n) is 15.6. The van der Waals surface area contributed by atoms with Gasteiger partial charge in [-0.25, -0.2) is 0 Å². The number of nitrogens with zero attached hydrogens (tertiary/aromatic N) is 2. The van der Waals surface area contributed by atoms with Crippen LogP contribution in [0.15, 0.2) is 47.6 Å². The first-order valence-electron chi connectivity index (χ1n) is 9.77. The Bertz CT molecular complexity index is 813. The lowest BCUT2D eigenvalue weighted by molar-refractivity contribution is 0.0989. The lowest BCUT2D eigenvalue weighted by Gasteiger charge is -2.26. The number of hydrogen-bond acceptors (Lipinski definition) is 5. The van der Waals surface area contributed by atoms with Crippen molar-refractivity contribution in [1.82, 2.24) is 4.90 Å². The van der Waals surface area contributed by atoms with E-state index in [-0.39, 0.29) is 13.2 Å². The Morgan fingerprint density at radius 2 is 1.67 bits per heavy atom. The Morgan fingerprint density at radius 3 is 2.48 bits per heavy atom. The van der Waals surface area contributed by atoms with Gasteiger partial charge >= 0.3 is 0 Å². The van der Waals surface area contributed by atoms with Gasteiger partial charge in [-0.3, -0.25) is 4.90 Å². The molecule has 142 valence electrons. The van der Waals surface area contributed by atoms with Crippen LogP contribution in [0, 0.1) is 0 Å². The maximum Gasteiger partial charge on any atom is 0.140 e. The molecule has 0 saturated carbocycles. The Kier molecular flexibility index (Phi) is 5.70. The molecule has 1 N–H and O–H groups in total. The highest BCUT2D eigenvalue weighted by atomic mass is 16.6. The molecule has 0 atom stereocenters. The van der Waals surface area contributed by atoms with Crippen molar-refractivity contribution in [3.8, 4) is 16.9 Å². The van der Waals surface area contributed by atoms with Crippen LogP contribution in [-0.2, 0) is 4.84 Å². The molecule has 4 rings (SSSR count). The molecule has 1 aliphatic carbocycles. The molecule has 1 aliphatic heterocycles. The highest BCUT2D eigenvalue weighted by molar-refractivity contribution is 6.24. The number of rotatable bonds is 7. The summed E-state index contributed by atoms with van der Waals surface area (Å²) in [5.74, 6) is 0.855. The van der Waals surface area contributed by atoms with Crippen LogP contribution in [0.3, 0.4) is 0 Å². The van der Waals surface area contributed by atoms with Crippen LogP contribution in [0.25, 0.3) is 11.1 Å². The summed E-state index contributed by atoms with van der Waals surface area (Å²) in [5.41, 5.74) is 5.16. The van der Waals surface area contributed by atoms with Crippen LogP contribution in [0.4, 0.5) is 0 Å². The molecule has 2 aromatic carbocycles. The maximum atomic E-state index is 8.96. The monoisotopic (exact) mass is 366 g/mol. The van der Waals surface area contributed by atoms with Gasteiger partial charge in [0.2, 0.25) is 0 Å². The van der Waals surface area contributed by atoms with E-state index in [1.54, 1.807) is 0 Å². The number of benzene rings is 2. The van der Waals surface area contributed by atoms with E-state index < -0.39 is 0 Å². The van der Waals surface area contributed by atoms with Crippen LogP contribution in [-0.4, -0.2) is 55.2 Å². The molecule has 5 heteroatoms. The predicted molar refractivity (Wildman–Crippen MR) is 106 cm³/mol. The van der Waals surface area contributed by atoms with Crippen molar-refractivity contribution in [3.05, 3.63) is 53.6 Å². The van der Waals surface area contributed by atoms with E-state index in [4.69, 9.17) is 14.7 Å². The van der Waals surface area contributed by atoms with E-state index in [0.717, 1.165) is 40.3 Å². The van der Waals surface area contributed by atoms with Gasteiger partial charge in [-0.2, -0.15) is 0 Å². The Balaban J connectivity index is 1.50. The van der Waals surface area contributed by atoms with E-state index in [1.165, 1.54) is 32.4 Å². The third kappa shape index (κ3) is 3.99. The first-order chi connectivity index (χ1) is 13.4. The Labute approximate surface area is 160 Å². The van der Waals surface area contributed by atoms with Gasteiger partial charge in [0.1, 0.15) is 24.7 Å². The molecule has 1 fully saturated rings. The molecule has 5 nitrogen and oxygen atoms in total. The molecule has 2 aromatic rings. The molecule has 0 aromatic heterocycles. The average Bonchev–Trinajstić information content (AvgIpc) is 3.02. The van der Waals surface area contributed by atoms with Gasteiger partial charge in [-0.15, -0.1) is 0 Å². The fraction of sp³-hybridized carbons (Fsp3) is 0.409. The van der Waals surface area contributed by atoms with E-state index in [0.29, 0.717) is 6.61 Å². The van der Waals surface area contributed by atoms with Gasteiger partial charge in [0.25, 0.3) is 0 Å². The number of hydrogen-bond donors (Lipinski definition) is 1. The minimum Gasteiger partial charge on any atom is -0.492 e. The molecular formula is C22H26N2O3. The standard InChI is InChI=1S/C22H26N2O3/c25-13-15-27-23-22-20-7-3-2-6-18(20)19-9-8-17(16-21(19)22)26-14-12-24-10-4-1-5-11-24/h2-3,6-9,16,25H,1,4-5,10-15H2/b23-22-. The minimum atomic E-state index is -0.0507. The molecule has 1 heterocycles. The molecule has 0 radical (unpaired) electrons. The smallest absolute Gasteiger partial charge is 0.140 e. The van der Waals surface area contributed by atoms with Gasteiger partial charge in [-0.05, 0) is 55.3 Å². The third-order valence-electron chi connectivity index (χ3n) is 5.18. The summed E-state index contributed by atoms with van der Waals surface area (Å²) >= 11 is 0. The van der Waals surface area contributed by atoms with Crippen LogP contribution in [0.1, 0.15) is 30.4 Å². The summed E-state index contributed by atoms with van der Waals surface area (Å²) in [4.78, 5) is 7.75. The number of ether oxygens (including phenoxy) is 1. The van der Waals surface area contributed by atoms with E-state index >= 15 is 0 Å². The molecule has 1 saturated heterocycles. The van der Waals surface area contributed by atoms with Gasteiger partial charge in [-0.1, -0.05) is 35.8 Å². The van der Waals surface area contributed by atoms with E-state index in [1.807, 2.05) is 30.3 Å². The fourth-order valence-corrected chi connectivity index (χ4v) is 3.84. The average molecular weight is 366 g/mol. The van der Waals surface area contributed by atoms with Crippen molar-refractivity contribution < 1.29 is 14.7 Å². The Hall–Kier alpha value is -2.37. The highest BCUT2D eigenvalue weighted by Gasteiger charge is 2.25. The molecule has 0 spiro atoms. The molecule has 2 aliphatic rings. The molecule has 0 bridgehead atoms. The van der Waals surface area contributed by atoms with Crippen molar-refractivity contribution >= 4 is 5.71 Å². The second-order valence-electron chi connectivity index (χ2n) is 7.00. The minimum absolute atomic E-state index is 0.0507. The number of piperidine rings is 1. The fourth-order valence-electron chi connectivity index (χ4n) is 3.84. The summed E-state index contributed by atoms with van der Waals surface area (Å²) in [6.45, 7) is 4.17. The summed E-state index contributed by atoms with van der Waals surface area (Å²) in [6, 6.07) is 14.4. The molecule has 0 amide bonds. The summed E-state index contributed by atoms with van der Waals surface area (Å²) in [5, 5.41) is 13.2. The van der Waals surface area contributed by atoms with E-state index in [2.05, 4.69) is 22.2 Å². The summed E-state index contributed by atoms with van der Waals surface area (Å²) in [6.07, 6.45) is 3.94. The molecule has 27 heavy (non-hydrogen) atoms. The Morgan fingerprint density at radius 1 is 0.889 bits per heavy atom. The topological polar surface area (TPSA) is 54.3 Å². The lowest BCUT2D eigenvalue weighted by atomic mass is 10.1. The van der Waals surface area contributed by atoms with E-state index in [9.17, 15) is 0 Å². The van der Waals surface area contributed by atoms with Gasteiger partial charge in [0, 0.05) is 17.7 Å². The number of aliphatic hydroxyl groups excluding tert-OH is 1. The van der Waals surface area contributed by atoms with Crippen molar-refractivity contribution in [2.75, 3.05) is 39.5 Å². The van der Waals surface area contributed by atoms with Crippen molar-refractivity contribution in [1.29, 1.82) is 0 Å². The van der Waals surface area contributed by atoms with Crippen LogP contribution in [0.2, 0.25) is 0 Å². The van der Waals surface area contributed by atoms with Gasteiger partial charge in [0.15, 0.2) is 0 Å². The van der Waals surface area contributed by atoms with Gasteiger partial charge in [0.05, 0.1) is 6.61 Å². The predicted octanol–water partition coefficient (Wildman–Crippen LogP) is 3.29. The number of fused-ring (bicyclic) bond motifs is 3. The van der Waals surface area contributed by atoms with Crippen LogP contribution in [0.5, 0.6) is 5.75 Å². The van der Waals surface area contributed by atoms with Crippen molar-refractivity contribution in [3.63, 3.8) is 0 Å². The largest absolute Gasteiger partial charge is 0.492 e. The normalized spacial score (nSPS) is 17.6. The lowest BCUT2D eigenvalue weighted by Crippen LogP contribution is -2.33. The summed E-state index contributed by atoms with van der Waals surface area (Å²) < 4.78 is 6.03. The number of likely N-dealkylation sites (tertiary alicyclic amines) is 1. The number of oxime groups is 1. The zero-order valence-corrected chi connectivity index (χ0v) is 15.6. The molecule has 0 unspecified atom stereocenters. The van der Waals surface area contributed by atoms with Gasteiger partial charge < -0.3 is 14.7 Å². The number of aliphatic hydroxyl groups is 1. The SMILES string of the molecule is OCCO/N=C1/c2ccccc2-c2ccc(OCCN3CCCCC3)cc21. The first-order valence-corrected chi connectivity index (χ1v) is 9.77. The summed E-state index contributed by atoms with van der Waals surface area (Å²) in [7, 11) is 0. The maximum absolute atomic E-state index is 8.96. The highest BCUT2D eigenvalue weighted by Crippen LogP contribution is 2.38. The third-order valence-corrected chi connectivity index (χ3v) is 5.18. The molecular weight excluding hydrogens is 340 g/mol. The second kappa shape index (κ2) is 8.55. The zero-order chi connectivity index (χ0) is 18.5. The second-order valence-corrected chi connectivity index (χ2v) is 7.00. The first kappa shape index (κ1) is 18.0. The van der Waals surface area contributed by atoms with Crippen LogP contribution >= 0.6 is 0 Å². The quantitative estimate of drug-likeness (QED) is 0.515. The van der Waals surface area contributed by atoms with Crippen LogP contribution < -0.4 is 4.74 Å².